The van der Waals surface area contributed by atoms with Crippen molar-refractivity contribution in [2.24, 2.45) is 11.7 Å². The first-order valence-electron chi connectivity index (χ1n) is 7.48. The Balaban J connectivity index is 0.00000106. The van der Waals surface area contributed by atoms with E-state index < -0.39 is 10.0 Å². The molecule has 5 nitrogen and oxygen atoms in total. The number of hydrogen-bond donors (Lipinski definition) is 2. The molecule has 1 aliphatic heterocycles. The summed E-state index contributed by atoms with van der Waals surface area (Å²) in [6.07, 6.45) is 1.44. The van der Waals surface area contributed by atoms with Crippen LogP contribution in [0.4, 0.5) is 0 Å². The predicted octanol–water partition coefficient (Wildman–Crippen LogP) is 1.56. The first-order valence-corrected chi connectivity index (χ1v) is 8.92. The average Bonchev–Trinajstić information content (AvgIpc) is 2.56. The summed E-state index contributed by atoms with van der Waals surface area (Å²) in [4.78, 5) is 0.312. The zero-order valence-electron chi connectivity index (χ0n) is 12.8. The Morgan fingerprint density at radius 1 is 1.19 bits per heavy atom. The van der Waals surface area contributed by atoms with Gasteiger partial charge in [0.15, 0.2) is 0 Å². The van der Waals surface area contributed by atoms with Gasteiger partial charge in [0.25, 0.3) is 0 Å². The molecule has 21 heavy (non-hydrogen) atoms. The molecule has 120 valence electrons. The molecule has 0 unspecified atom stereocenters. The minimum Gasteiger partial charge on any atom is -0.396 e. The molecule has 1 aromatic rings. The Morgan fingerprint density at radius 3 is 2.14 bits per heavy atom. The minimum atomic E-state index is -3.41. The Morgan fingerprint density at radius 2 is 1.71 bits per heavy atom. The number of hydrogen-bond acceptors (Lipinski definition) is 4. The van der Waals surface area contributed by atoms with Crippen LogP contribution < -0.4 is 5.73 Å². The van der Waals surface area contributed by atoms with Crippen LogP contribution in [0.15, 0.2) is 29.2 Å². The van der Waals surface area contributed by atoms with Crippen molar-refractivity contribution < 1.29 is 13.5 Å². The summed E-state index contributed by atoms with van der Waals surface area (Å²) in [5, 5.41) is 9.07. The lowest BCUT2D eigenvalue weighted by molar-refractivity contribution is 0.170. The summed E-state index contributed by atoms with van der Waals surface area (Å²) in [6.45, 7) is 5.50. The lowest BCUT2D eigenvalue weighted by atomic mass is 10.00. The van der Waals surface area contributed by atoms with Crippen molar-refractivity contribution in [3.63, 3.8) is 0 Å². The van der Waals surface area contributed by atoms with Gasteiger partial charge in [0, 0.05) is 26.2 Å². The molecule has 0 aliphatic carbocycles. The molecule has 0 amide bonds. The Hall–Kier alpha value is -0.950. The molecule has 6 heteroatoms. The molecule has 0 aromatic heterocycles. The van der Waals surface area contributed by atoms with E-state index in [0.29, 0.717) is 24.5 Å². The first kappa shape index (κ1) is 18.1. The Bertz CT molecular complexity index is 506. The lowest BCUT2D eigenvalue weighted by Crippen LogP contribution is -2.39. The minimum absolute atomic E-state index is 0.138. The SMILES string of the molecule is CC.NCc1ccc(S(=O)(=O)N2CCC(CO)CC2)cc1. The van der Waals surface area contributed by atoms with E-state index in [9.17, 15) is 8.42 Å². The molecule has 0 bridgehead atoms. The number of aliphatic hydroxyl groups excluding tert-OH is 1. The second kappa shape index (κ2) is 8.48. The third-order valence-electron chi connectivity index (χ3n) is 3.63. The highest BCUT2D eigenvalue weighted by Crippen LogP contribution is 2.23. The second-order valence-corrected chi connectivity index (χ2v) is 6.82. The van der Waals surface area contributed by atoms with E-state index in [-0.39, 0.29) is 12.5 Å². The monoisotopic (exact) mass is 314 g/mol. The van der Waals surface area contributed by atoms with Gasteiger partial charge in [0.1, 0.15) is 0 Å². The average molecular weight is 314 g/mol. The maximum absolute atomic E-state index is 12.4. The fraction of sp³-hybridized carbons (Fsp3) is 0.600. The third-order valence-corrected chi connectivity index (χ3v) is 5.54. The fourth-order valence-electron chi connectivity index (χ4n) is 2.28. The summed E-state index contributed by atoms with van der Waals surface area (Å²) >= 11 is 0. The van der Waals surface area contributed by atoms with Gasteiger partial charge in [-0.15, -0.1) is 0 Å². The van der Waals surface area contributed by atoms with Gasteiger partial charge in [0.2, 0.25) is 10.0 Å². The van der Waals surface area contributed by atoms with Crippen molar-refractivity contribution in [3.8, 4) is 0 Å². The van der Waals surface area contributed by atoms with E-state index in [1.165, 1.54) is 4.31 Å². The number of sulfonamides is 1. The maximum Gasteiger partial charge on any atom is 0.243 e. The molecule has 1 fully saturated rings. The second-order valence-electron chi connectivity index (χ2n) is 4.88. The van der Waals surface area contributed by atoms with Crippen molar-refractivity contribution >= 4 is 10.0 Å². The van der Waals surface area contributed by atoms with Crippen LogP contribution in [-0.4, -0.2) is 37.5 Å². The van der Waals surface area contributed by atoms with Gasteiger partial charge in [-0.1, -0.05) is 26.0 Å². The van der Waals surface area contributed by atoms with Crippen LogP contribution >= 0.6 is 0 Å². The number of nitrogens with zero attached hydrogens (tertiary/aromatic N) is 1. The molecule has 1 aromatic carbocycles. The Labute approximate surface area is 127 Å². The van der Waals surface area contributed by atoms with Crippen LogP contribution in [0, 0.1) is 5.92 Å². The molecule has 0 atom stereocenters. The number of rotatable bonds is 4. The molecular weight excluding hydrogens is 288 g/mol. The van der Waals surface area contributed by atoms with Crippen LogP contribution in [0.25, 0.3) is 0 Å². The fourth-order valence-corrected chi connectivity index (χ4v) is 3.75. The molecule has 0 radical (unpaired) electrons. The van der Waals surface area contributed by atoms with Crippen LogP contribution in [0.2, 0.25) is 0 Å². The van der Waals surface area contributed by atoms with Gasteiger partial charge < -0.3 is 10.8 Å². The summed E-state index contributed by atoms with van der Waals surface area (Å²) in [5.74, 6) is 0.228. The van der Waals surface area contributed by atoms with E-state index in [0.717, 1.165) is 18.4 Å². The molecule has 3 N–H and O–H groups in total. The maximum atomic E-state index is 12.4. The largest absolute Gasteiger partial charge is 0.396 e. The van der Waals surface area contributed by atoms with Gasteiger partial charge >= 0.3 is 0 Å². The third kappa shape index (κ3) is 4.51. The molecule has 1 saturated heterocycles. The molecular formula is C15H26N2O3S. The number of benzene rings is 1. The molecule has 1 aliphatic rings. The van der Waals surface area contributed by atoms with E-state index >= 15 is 0 Å². The van der Waals surface area contributed by atoms with Crippen molar-refractivity contribution in [2.75, 3.05) is 19.7 Å². The van der Waals surface area contributed by atoms with Crippen molar-refractivity contribution in [1.29, 1.82) is 0 Å². The van der Waals surface area contributed by atoms with Crippen LogP contribution in [0.5, 0.6) is 0 Å². The zero-order valence-corrected chi connectivity index (χ0v) is 13.6. The normalized spacial score (nSPS) is 17.1. The van der Waals surface area contributed by atoms with Crippen molar-refractivity contribution in [3.05, 3.63) is 29.8 Å². The van der Waals surface area contributed by atoms with Gasteiger partial charge in [0.05, 0.1) is 4.90 Å². The quantitative estimate of drug-likeness (QED) is 0.883. The summed E-state index contributed by atoms with van der Waals surface area (Å²) in [5.41, 5.74) is 6.41. The standard InChI is InChI=1S/C13H20N2O3S.C2H6/c14-9-11-1-3-13(4-2-11)19(17,18)15-7-5-12(10-16)6-8-15;1-2/h1-4,12,16H,5-10,14H2;1-2H3. The number of aliphatic hydroxyl groups is 1. The van der Waals surface area contributed by atoms with E-state index in [1.807, 2.05) is 13.8 Å². The van der Waals surface area contributed by atoms with Crippen LogP contribution in [0.3, 0.4) is 0 Å². The molecule has 0 spiro atoms. The van der Waals surface area contributed by atoms with Crippen LogP contribution in [0.1, 0.15) is 32.3 Å². The van der Waals surface area contributed by atoms with Gasteiger partial charge in [-0.05, 0) is 36.5 Å². The smallest absolute Gasteiger partial charge is 0.243 e. The molecule has 0 saturated carbocycles. The van der Waals surface area contributed by atoms with Gasteiger partial charge in [-0.3, -0.25) is 0 Å². The van der Waals surface area contributed by atoms with Gasteiger partial charge in [-0.25, -0.2) is 8.42 Å². The van der Waals surface area contributed by atoms with Gasteiger partial charge in [-0.2, -0.15) is 4.31 Å². The highest BCUT2D eigenvalue weighted by Gasteiger charge is 2.28. The molecule has 2 rings (SSSR count). The summed E-state index contributed by atoms with van der Waals surface area (Å²) in [6, 6.07) is 6.70. The molecule has 1 heterocycles. The summed E-state index contributed by atoms with van der Waals surface area (Å²) in [7, 11) is -3.41. The number of nitrogens with two attached hydrogens (primary N) is 1. The van der Waals surface area contributed by atoms with Crippen molar-refractivity contribution in [1.82, 2.24) is 4.31 Å². The predicted molar refractivity (Wildman–Crippen MR) is 84.3 cm³/mol. The summed E-state index contributed by atoms with van der Waals surface area (Å²) < 4.78 is 26.3. The van der Waals surface area contributed by atoms with E-state index in [2.05, 4.69) is 0 Å². The highest BCUT2D eigenvalue weighted by atomic mass is 32.2. The first-order chi connectivity index (χ1) is 10.1. The van der Waals surface area contributed by atoms with E-state index in [4.69, 9.17) is 10.8 Å². The zero-order chi connectivity index (χ0) is 15.9. The topological polar surface area (TPSA) is 83.6 Å². The number of piperidine rings is 1. The van der Waals surface area contributed by atoms with Crippen LogP contribution in [-0.2, 0) is 16.6 Å². The van der Waals surface area contributed by atoms with Crippen molar-refractivity contribution in [2.45, 2.75) is 38.1 Å². The van der Waals surface area contributed by atoms with E-state index in [1.54, 1.807) is 24.3 Å². The lowest BCUT2D eigenvalue weighted by Gasteiger charge is -2.30. The highest BCUT2D eigenvalue weighted by molar-refractivity contribution is 7.89. The Kier molecular flexibility index (Phi) is 7.31.